The Bertz CT molecular complexity index is 1050. The summed E-state index contributed by atoms with van der Waals surface area (Å²) in [5.74, 6) is 1.86. The van der Waals surface area contributed by atoms with Crippen LogP contribution in [0.3, 0.4) is 0 Å². The second-order valence-corrected chi connectivity index (χ2v) is 8.53. The number of benzene rings is 2. The maximum absolute atomic E-state index is 5.02. The van der Waals surface area contributed by atoms with E-state index in [0.29, 0.717) is 6.04 Å². The van der Waals surface area contributed by atoms with Crippen molar-refractivity contribution in [3.8, 4) is 0 Å². The number of hydrogen-bond acceptors (Lipinski definition) is 5. The van der Waals surface area contributed by atoms with Crippen LogP contribution in [0.1, 0.15) is 23.7 Å². The summed E-state index contributed by atoms with van der Waals surface area (Å²) in [6.07, 6.45) is 1.06. The smallest absolute Gasteiger partial charge is 0.227 e. The van der Waals surface area contributed by atoms with Crippen LogP contribution in [0, 0.1) is 13.8 Å². The van der Waals surface area contributed by atoms with Gasteiger partial charge in [0.25, 0.3) is 0 Å². The fraction of sp³-hybridized carbons (Fsp3) is 0.360. The number of rotatable bonds is 3. The molecule has 0 amide bonds. The van der Waals surface area contributed by atoms with Crippen molar-refractivity contribution in [2.24, 2.45) is 0 Å². The summed E-state index contributed by atoms with van der Waals surface area (Å²) in [6, 6.07) is 20.0. The van der Waals surface area contributed by atoms with Gasteiger partial charge in [-0.1, -0.05) is 30.3 Å². The molecule has 5 nitrogen and oxygen atoms in total. The van der Waals surface area contributed by atoms with Gasteiger partial charge < -0.3 is 14.7 Å². The summed E-state index contributed by atoms with van der Waals surface area (Å²) in [6.45, 7) is 10.3. The van der Waals surface area contributed by atoms with Crippen molar-refractivity contribution in [2.45, 2.75) is 33.2 Å². The Morgan fingerprint density at radius 2 is 1.60 bits per heavy atom. The van der Waals surface area contributed by atoms with Gasteiger partial charge in [-0.25, -0.2) is 4.98 Å². The second-order valence-electron chi connectivity index (χ2n) is 8.53. The average Bonchev–Trinajstić information content (AvgIpc) is 3.09. The van der Waals surface area contributed by atoms with Gasteiger partial charge in [-0.05, 0) is 56.5 Å². The zero-order valence-electron chi connectivity index (χ0n) is 18.0. The first kappa shape index (κ1) is 18.9. The molecule has 0 saturated carbocycles. The second kappa shape index (κ2) is 7.63. The van der Waals surface area contributed by atoms with Gasteiger partial charge in [-0.3, -0.25) is 0 Å². The van der Waals surface area contributed by atoms with Gasteiger partial charge in [0.2, 0.25) is 5.95 Å². The molecule has 2 aliphatic heterocycles. The fourth-order valence-corrected chi connectivity index (χ4v) is 4.71. The highest BCUT2D eigenvalue weighted by molar-refractivity contribution is 5.69. The van der Waals surface area contributed by atoms with Crippen LogP contribution >= 0.6 is 0 Å². The Morgan fingerprint density at radius 3 is 2.40 bits per heavy atom. The third-order valence-electron chi connectivity index (χ3n) is 6.21. The van der Waals surface area contributed by atoms with E-state index in [0.717, 1.165) is 50.1 Å². The van der Waals surface area contributed by atoms with E-state index in [1.54, 1.807) is 0 Å². The van der Waals surface area contributed by atoms with Crippen molar-refractivity contribution >= 4 is 23.1 Å². The summed E-state index contributed by atoms with van der Waals surface area (Å²) < 4.78 is 0. The van der Waals surface area contributed by atoms with Gasteiger partial charge in [0.05, 0.1) is 0 Å². The van der Waals surface area contributed by atoms with Gasteiger partial charge in [0, 0.05) is 55.4 Å². The van der Waals surface area contributed by atoms with Crippen LogP contribution in [0.2, 0.25) is 0 Å². The van der Waals surface area contributed by atoms with E-state index in [2.05, 4.69) is 90.1 Å². The number of aryl methyl sites for hydroxylation is 2. The van der Waals surface area contributed by atoms with E-state index in [9.17, 15) is 0 Å². The molecule has 3 aromatic rings. The standard InChI is InChI=1S/C25H29N5/c1-18-7-6-9-22(15-18)28-11-13-29(14-12-28)25-26-19(2)16-24(27-25)30-20(3)17-21-8-4-5-10-23(21)30/h4-10,15-16,20H,11-14,17H2,1-3H3. The third kappa shape index (κ3) is 3.49. The number of hydrogen-bond donors (Lipinski definition) is 0. The molecule has 0 N–H and O–H groups in total. The first-order valence-electron chi connectivity index (χ1n) is 10.9. The molecule has 0 spiro atoms. The SMILES string of the molecule is Cc1cccc(N2CCN(c3nc(C)cc(N4c5ccccc5CC4C)n3)CC2)c1. The van der Waals surface area contributed by atoms with Crippen LogP contribution in [0.4, 0.5) is 23.1 Å². The zero-order chi connectivity index (χ0) is 20.7. The van der Waals surface area contributed by atoms with E-state index in [1.807, 2.05) is 0 Å². The van der Waals surface area contributed by atoms with Crippen LogP contribution in [-0.4, -0.2) is 42.2 Å². The average molecular weight is 400 g/mol. The lowest BCUT2D eigenvalue weighted by Gasteiger charge is -2.36. The summed E-state index contributed by atoms with van der Waals surface area (Å²) >= 11 is 0. The molecule has 5 heteroatoms. The molecular weight excluding hydrogens is 370 g/mol. The van der Waals surface area contributed by atoms with E-state index >= 15 is 0 Å². The minimum absolute atomic E-state index is 0.405. The zero-order valence-corrected chi connectivity index (χ0v) is 18.0. The first-order valence-corrected chi connectivity index (χ1v) is 10.9. The molecule has 30 heavy (non-hydrogen) atoms. The number of piperazine rings is 1. The lowest BCUT2D eigenvalue weighted by Crippen LogP contribution is -2.47. The van der Waals surface area contributed by atoms with Crippen LogP contribution in [0.25, 0.3) is 0 Å². The Labute approximate surface area is 179 Å². The van der Waals surface area contributed by atoms with Crippen LogP contribution in [0.15, 0.2) is 54.6 Å². The molecule has 2 aromatic carbocycles. The predicted molar refractivity (Wildman–Crippen MR) is 124 cm³/mol. The van der Waals surface area contributed by atoms with E-state index < -0.39 is 0 Å². The van der Waals surface area contributed by atoms with Crippen molar-refractivity contribution in [2.75, 3.05) is 40.9 Å². The molecular formula is C25H29N5. The van der Waals surface area contributed by atoms with Crippen LogP contribution < -0.4 is 14.7 Å². The van der Waals surface area contributed by atoms with Gasteiger partial charge >= 0.3 is 0 Å². The number of anilines is 4. The van der Waals surface area contributed by atoms with Crippen LogP contribution in [-0.2, 0) is 6.42 Å². The number of aromatic nitrogens is 2. The molecule has 154 valence electrons. The molecule has 0 radical (unpaired) electrons. The molecule has 1 atom stereocenters. The van der Waals surface area contributed by atoms with E-state index in [-0.39, 0.29) is 0 Å². The highest BCUT2D eigenvalue weighted by Crippen LogP contribution is 2.37. The first-order chi connectivity index (χ1) is 14.6. The highest BCUT2D eigenvalue weighted by Gasteiger charge is 2.29. The molecule has 1 fully saturated rings. The van der Waals surface area contributed by atoms with Gasteiger partial charge in [-0.15, -0.1) is 0 Å². The van der Waals surface area contributed by atoms with Gasteiger partial charge in [-0.2, -0.15) is 4.98 Å². The predicted octanol–water partition coefficient (Wildman–Crippen LogP) is 4.50. The molecule has 0 aliphatic carbocycles. The summed E-state index contributed by atoms with van der Waals surface area (Å²) in [7, 11) is 0. The number of fused-ring (bicyclic) bond motifs is 1. The number of para-hydroxylation sites is 1. The van der Waals surface area contributed by atoms with Crippen molar-refractivity contribution in [1.29, 1.82) is 0 Å². The Hall–Kier alpha value is -3.08. The largest absolute Gasteiger partial charge is 0.368 e. The van der Waals surface area contributed by atoms with Crippen molar-refractivity contribution in [3.63, 3.8) is 0 Å². The molecule has 3 heterocycles. The maximum atomic E-state index is 5.02. The third-order valence-corrected chi connectivity index (χ3v) is 6.21. The summed E-state index contributed by atoms with van der Waals surface area (Å²) in [4.78, 5) is 17.0. The Morgan fingerprint density at radius 1 is 0.833 bits per heavy atom. The molecule has 5 rings (SSSR count). The fourth-order valence-electron chi connectivity index (χ4n) is 4.71. The molecule has 1 unspecified atom stereocenters. The summed E-state index contributed by atoms with van der Waals surface area (Å²) in [5.41, 5.74) is 6.31. The minimum atomic E-state index is 0.405. The quantitative estimate of drug-likeness (QED) is 0.648. The van der Waals surface area contributed by atoms with Crippen molar-refractivity contribution in [1.82, 2.24) is 9.97 Å². The monoisotopic (exact) mass is 399 g/mol. The van der Waals surface area contributed by atoms with Crippen LogP contribution in [0.5, 0.6) is 0 Å². The molecule has 1 saturated heterocycles. The topological polar surface area (TPSA) is 35.5 Å². The minimum Gasteiger partial charge on any atom is -0.368 e. The molecule has 1 aromatic heterocycles. The lowest BCUT2D eigenvalue weighted by atomic mass is 10.1. The Kier molecular flexibility index (Phi) is 4.81. The van der Waals surface area contributed by atoms with E-state index in [1.165, 1.54) is 22.5 Å². The normalized spacial score (nSPS) is 18.6. The summed E-state index contributed by atoms with van der Waals surface area (Å²) in [5, 5.41) is 0. The molecule has 0 bridgehead atoms. The molecule has 2 aliphatic rings. The van der Waals surface area contributed by atoms with Gasteiger partial charge in [0.15, 0.2) is 0 Å². The van der Waals surface area contributed by atoms with Gasteiger partial charge in [0.1, 0.15) is 5.82 Å². The van der Waals surface area contributed by atoms with E-state index in [4.69, 9.17) is 9.97 Å². The Balaban J connectivity index is 1.37. The lowest BCUT2D eigenvalue weighted by molar-refractivity contribution is 0.638. The number of nitrogens with zero attached hydrogens (tertiary/aromatic N) is 5. The van der Waals surface area contributed by atoms with Crippen molar-refractivity contribution in [3.05, 3.63) is 71.4 Å². The highest BCUT2D eigenvalue weighted by atomic mass is 15.3. The van der Waals surface area contributed by atoms with Crippen molar-refractivity contribution < 1.29 is 0 Å². The maximum Gasteiger partial charge on any atom is 0.227 e.